The molecular weight excluding hydrogens is 476 g/mol. The molecule has 10 heteroatoms. The number of hydrogen-bond acceptors (Lipinski definition) is 5. The minimum atomic E-state index is -4.40. The van der Waals surface area contributed by atoms with Crippen LogP contribution in [0.15, 0.2) is 24.5 Å². The number of carbonyl (C=O) groups excluding carboxylic acids is 1. The van der Waals surface area contributed by atoms with E-state index in [4.69, 9.17) is 4.74 Å². The summed E-state index contributed by atoms with van der Waals surface area (Å²) in [6, 6.07) is 3.27. The third kappa shape index (κ3) is 7.75. The van der Waals surface area contributed by atoms with Crippen molar-refractivity contribution in [1.82, 2.24) is 19.7 Å². The normalized spacial score (nSPS) is 23.2. The molecule has 2 aromatic heterocycles. The highest BCUT2D eigenvalue weighted by Crippen LogP contribution is 2.39. The highest BCUT2D eigenvalue weighted by Gasteiger charge is 2.36. The number of alkyl halides is 4. The molecule has 198 valence electrons. The number of pyridine rings is 1. The molecular formula is C26H34F4N4O2. The summed E-state index contributed by atoms with van der Waals surface area (Å²) in [4.78, 5) is 18.9. The smallest absolute Gasteiger partial charge is 0.422 e. The van der Waals surface area contributed by atoms with Crippen molar-refractivity contribution in [2.45, 2.75) is 69.6 Å². The van der Waals surface area contributed by atoms with Gasteiger partial charge in [-0.2, -0.15) is 18.3 Å². The predicted molar refractivity (Wildman–Crippen MR) is 127 cm³/mol. The lowest BCUT2D eigenvalue weighted by Crippen LogP contribution is -2.36. The molecule has 2 aliphatic rings. The lowest BCUT2D eigenvalue weighted by atomic mass is 9.76. The van der Waals surface area contributed by atoms with Gasteiger partial charge in [0.2, 0.25) is 5.88 Å². The molecule has 0 atom stereocenters. The molecule has 4 rings (SSSR count). The summed E-state index contributed by atoms with van der Waals surface area (Å²) in [6.07, 6.45) is 4.23. The number of ketones is 1. The molecule has 3 heterocycles. The number of carbonyl (C=O) groups is 1. The van der Waals surface area contributed by atoms with Crippen LogP contribution < -0.4 is 4.74 Å². The topological polar surface area (TPSA) is 60.2 Å². The van der Waals surface area contributed by atoms with Crippen LogP contribution in [0.4, 0.5) is 17.6 Å². The molecule has 0 spiro atoms. The second-order valence-electron chi connectivity index (χ2n) is 10.3. The van der Waals surface area contributed by atoms with Gasteiger partial charge in [-0.05, 0) is 55.6 Å². The van der Waals surface area contributed by atoms with E-state index in [-0.39, 0.29) is 17.6 Å². The van der Waals surface area contributed by atoms with E-state index >= 15 is 4.39 Å². The van der Waals surface area contributed by atoms with Gasteiger partial charge in [-0.3, -0.25) is 9.48 Å². The summed E-state index contributed by atoms with van der Waals surface area (Å²) in [5.74, 6) is 0.410. The van der Waals surface area contributed by atoms with Crippen LogP contribution in [0.5, 0.6) is 5.88 Å². The maximum absolute atomic E-state index is 15.5. The number of rotatable bonds is 9. The first-order valence-corrected chi connectivity index (χ1v) is 12.7. The zero-order chi connectivity index (χ0) is 25.8. The number of aromatic nitrogens is 3. The van der Waals surface area contributed by atoms with E-state index in [9.17, 15) is 18.0 Å². The molecule has 1 fully saturated rings. The molecule has 0 N–H and O–H groups in total. The van der Waals surface area contributed by atoms with Crippen molar-refractivity contribution in [3.8, 4) is 5.88 Å². The van der Waals surface area contributed by atoms with Crippen molar-refractivity contribution >= 4 is 5.78 Å². The molecule has 1 saturated carbocycles. The second-order valence-corrected chi connectivity index (χ2v) is 10.3. The van der Waals surface area contributed by atoms with Gasteiger partial charge in [-0.25, -0.2) is 9.37 Å². The van der Waals surface area contributed by atoms with Crippen molar-refractivity contribution in [3.05, 3.63) is 41.3 Å². The molecule has 36 heavy (non-hydrogen) atoms. The molecule has 0 radical (unpaired) electrons. The average molecular weight is 511 g/mol. The first-order chi connectivity index (χ1) is 17.1. The van der Waals surface area contributed by atoms with E-state index in [1.807, 2.05) is 13.2 Å². The second kappa shape index (κ2) is 11.3. The third-order valence-corrected chi connectivity index (χ3v) is 7.34. The van der Waals surface area contributed by atoms with Gasteiger partial charge in [-0.15, -0.1) is 0 Å². The zero-order valence-electron chi connectivity index (χ0n) is 20.7. The van der Waals surface area contributed by atoms with Gasteiger partial charge in [-0.1, -0.05) is 6.07 Å². The number of hydrogen-bond donors (Lipinski definition) is 0. The van der Waals surface area contributed by atoms with Crippen LogP contribution in [0.25, 0.3) is 0 Å². The quantitative estimate of drug-likeness (QED) is 0.460. The number of halogens is 4. The van der Waals surface area contributed by atoms with Crippen molar-refractivity contribution in [3.63, 3.8) is 0 Å². The third-order valence-electron chi connectivity index (χ3n) is 7.34. The summed E-state index contributed by atoms with van der Waals surface area (Å²) >= 11 is 0. The van der Waals surface area contributed by atoms with Gasteiger partial charge >= 0.3 is 6.18 Å². The highest BCUT2D eigenvalue weighted by atomic mass is 19.4. The number of Topliss-reactive ketones (excluding diaryl/α,β-unsaturated/α-hetero) is 1. The molecule has 0 aromatic carbocycles. The molecule has 1 aliphatic heterocycles. The Hall–Kier alpha value is -2.49. The van der Waals surface area contributed by atoms with Crippen molar-refractivity contribution in [2.75, 3.05) is 26.2 Å². The fraction of sp³-hybridized carbons (Fsp3) is 0.654. The van der Waals surface area contributed by atoms with Gasteiger partial charge in [0.15, 0.2) is 6.61 Å². The minimum Gasteiger partial charge on any atom is -0.468 e. The summed E-state index contributed by atoms with van der Waals surface area (Å²) in [7, 11) is 1.82. The van der Waals surface area contributed by atoms with Crippen LogP contribution in [0, 0.1) is 5.92 Å². The van der Waals surface area contributed by atoms with Gasteiger partial charge in [0, 0.05) is 63.9 Å². The fourth-order valence-corrected chi connectivity index (χ4v) is 5.26. The number of fused-ring (bicyclic) bond motifs is 1. The Morgan fingerprint density at radius 2 is 1.94 bits per heavy atom. The summed E-state index contributed by atoms with van der Waals surface area (Å²) in [5, 5.41) is 4.10. The van der Waals surface area contributed by atoms with Gasteiger partial charge in [0.1, 0.15) is 11.5 Å². The molecule has 0 saturated heterocycles. The maximum Gasteiger partial charge on any atom is 0.422 e. The van der Waals surface area contributed by atoms with Gasteiger partial charge in [0.05, 0.1) is 6.20 Å². The predicted octanol–water partition coefficient (Wildman–Crippen LogP) is 4.65. The summed E-state index contributed by atoms with van der Waals surface area (Å²) in [6.45, 7) is 0.721. The van der Waals surface area contributed by atoms with Gasteiger partial charge < -0.3 is 9.64 Å². The Morgan fingerprint density at radius 1 is 1.19 bits per heavy atom. The Bertz CT molecular complexity index is 1030. The van der Waals surface area contributed by atoms with E-state index in [1.165, 1.54) is 6.07 Å². The lowest BCUT2D eigenvalue weighted by molar-refractivity contribution is -0.154. The fourth-order valence-electron chi connectivity index (χ4n) is 5.26. The van der Waals surface area contributed by atoms with E-state index < -0.39 is 18.5 Å². The molecule has 0 amide bonds. The standard InChI is InChI=1S/C26H34F4N4O2/c1-33-17-20(16-31-33)15-22(35)14-19-4-8-25(27,9-5-19)10-13-34-11-6-21-2-3-24(32-23(21)7-12-34)36-18-26(28,29)30/h2-3,16-17,19H,4-15,18H2,1H3. The van der Waals surface area contributed by atoms with Crippen molar-refractivity contribution in [2.24, 2.45) is 13.0 Å². The highest BCUT2D eigenvalue weighted by molar-refractivity contribution is 5.80. The van der Waals surface area contributed by atoms with E-state index in [0.29, 0.717) is 51.6 Å². The summed E-state index contributed by atoms with van der Waals surface area (Å²) in [5.41, 5.74) is 1.46. The van der Waals surface area contributed by atoms with Crippen LogP contribution in [-0.4, -0.2) is 63.5 Å². The van der Waals surface area contributed by atoms with E-state index in [2.05, 4.69) is 15.0 Å². The monoisotopic (exact) mass is 510 g/mol. The average Bonchev–Trinajstić information content (AvgIpc) is 3.11. The van der Waals surface area contributed by atoms with Crippen molar-refractivity contribution in [1.29, 1.82) is 0 Å². The van der Waals surface area contributed by atoms with Crippen molar-refractivity contribution < 1.29 is 27.1 Å². The van der Waals surface area contributed by atoms with E-state index in [1.54, 1.807) is 16.9 Å². The van der Waals surface area contributed by atoms with Crippen LogP contribution in [0.1, 0.15) is 55.3 Å². The minimum absolute atomic E-state index is 0.0158. The first-order valence-electron chi connectivity index (χ1n) is 12.7. The summed E-state index contributed by atoms with van der Waals surface area (Å²) < 4.78 is 59.3. The first kappa shape index (κ1) is 26.6. The van der Waals surface area contributed by atoms with Crippen LogP contribution in [0.2, 0.25) is 0 Å². The largest absolute Gasteiger partial charge is 0.468 e. The van der Waals surface area contributed by atoms with Crippen LogP contribution in [0.3, 0.4) is 0 Å². The Kier molecular flexibility index (Phi) is 8.32. The molecule has 6 nitrogen and oxygen atoms in total. The van der Waals surface area contributed by atoms with Crippen LogP contribution in [-0.2, 0) is 31.1 Å². The molecule has 1 aliphatic carbocycles. The number of nitrogens with zero attached hydrogens (tertiary/aromatic N) is 4. The zero-order valence-corrected chi connectivity index (χ0v) is 20.7. The van der Waals surface area contributed by atoms with Crippen LogP contribution >= 0.6 is 0 Å². The Balaban J connectivity index is 1.19. The molecule has 2 aromatic rings. The molecule has 0 unspecified atom stereocenters. The Labute approximate surface area is 209 Å². The Morgan fingerprint density at radius 3 is 2.64 bits per heavy atom. The maximum atomic E-state index is 15.5. The van der Waals surface area contributed by atoms with E-state index in [0.717, 1.165) is 42.6 Å². The number of aryl methyl sites for hydroxylation is 1. The van der Waals surface area contributed by atoms with Gasteiger partial charge in [0.25, 0.3) is 0 Å². The number of ether oxygens (including phenoxy) is 1. The SMILES string of the molecule is Cn1cc(CC(=O)CC2CCC(F)(CCN3CCc4ccc(OCC(F)(F)F)nc4CC3)CC2)cn1. The molecule has 0 bridgehead atoms. The lowest BCUT2D eigenvalue weighted by Gasteiger charge is -2.35.